The highest BCUT2D eigenvalue weighted by Gasteiger charge is 2.33. The van der Waals surface area contributed by atoms with Crippen molar-refractivity contribution in [2.24, 2.45) is 5.92 Å². The van der Waals surface area contributed by atoms with Crippen molar-refractivity contribution < 1.29 is 9.47 Å². The Morgan fingerprint density at radius 2 is 1.82 bits per heavy atom. The first-order valence-corrected chi connectivity index (χ1v) is 11.0. The molecule has 3 aliphatic heterocycles. The predicted octanol–water partition coefficient (Wildman–Crippen LogP) is 3.88. The molecule has 3 aromatic rings. The number of tetrazole rings is 1. The molecule has 0 spiro atoms. The van der Waals surface area contributed by atoms with Crippen molar-refractivity contribution in [3.05, 3.63) is 54.1 Å². The van der Waals surface area contributed by atoms with Crippen LogP contribution in [0.5, 0.6) is 17.5 Å². The van der Waals surface area contributed by atoms with Gasteiger partial charge in [-0.15, -0.1) is 24.8 Å². The molecule has 0 amide bonds. The number of halogens is 2. The van der Waals surface area contributed by atoms with Gasteiger partial charge in [0.05, 0.1) is 12.3 Å². The molecule has 0 saturated carbocycles. The standard InChI is InChI=1S/C23H28N6O2.2ClH/c1-2-30-22-14-17(15-24-20-16-28-12-10-18(20)11-13-28)8-9-21(22)31-23-25-26-27-29(23)19-6-4-3-5-7-19;;/h3-9,14,18,20,24H,2,10-13,15-16H2,1H3;2*1H. The van der Waals surface area contributed by atoms with Crippen LogP contribution < -0.4 is 14.8 Å². The molecule has 8 nitrogen and oxygen atoms in total. The van der Waals surface area contributed by atoms with Gasteiger partial charge >= 0.3 is 6.01 Å². The Kier molecular flexibility index (Phi) is 8.91. The Morgan fingerprint density at radius 1 is 1.03 bits per heavy atom. The van der Waals surface area contributed by atoms with E-state index in [0.717, 1.165) is 24.7 Å². The van der Waals surface area contributed by atoms with Gasteiger partial charge in [0.1, 0.15) is 0 Å². The number of ether oxygens (including phenoxy) is 2. The Morgan fingerprint density at radius 3 is 2.52 bits per heavy atom. The van der Waals surface area contributed by atoms with E-state index in [9.17, 15) is 0 Å². The molecule has 2 bridgehead atoms. The van der Waals surface area contributed by atoms with Crippen LogP contribution in [-0.2, 0) is 6.54 Å². The molecule has 3 fully saturated rings. The van der Waals surface area contributed by atoms with Crippen LogP contribution in [-0.4, -0.2) is 57.4 Å². The largest absolute Gasteiger partial charge is 0.490 e. The number of hydrogen-bond acceptors (Lipinski definition) is 7. The van der Waals surface area contributed by atoms with Gasteiger partial charge < -0.3 is 19.7 Å². The van der Waals surface area contributed by atoms with Crippen LogP contribution in [0.15, 0.2) is 48.5 Å². The summed E-state index contributed by atoms with van der Waals surface area (Å²) in [5.74, 6) is 2.09. The lowest BCUT2D eigenvalue weighted by Gasteiger charge is -2.45. The van der Waals surface area contributed by atoms with Gasteiger partial charge in [0.2, 0.25) is 0 Å². The van der Waals surface area contributed by atoms with Gasteiger partial charge in [-0.25, -0.2) is 0 Å². The van der Waals surface area contributed by atoms with E-state index < -0.39 is 0 Å². The molecule has 3 saturated heterocycles. The van der Waals surface area contributed by atoms with E-state index in [4.69, 9.17) is 9.47 Å². The van der Waals surface area contributed by atoms with Crippen LogP contribution in [0, 0.1) is 5.92 Å². The fourth-order valence-electron chi connectivity index (χ4n) is 4.53. The Balaban J connectivity index is 0.00000153. The third-order valence-electron chi connectivity index (χ3n) is 6.18. The second-order valence-electron chi connectivity index (χ2n) is 8.15. The third-order valence-corrected chi connectivity index (χ3v) is 6.18. The molecular formula is C23H30Cl2N6O2. The van der Waals surface area contributed by atoms with Crippen LogP contribution in [0.1, 0.15) is 25.3 Å². The van der Waals surface area contributed by atoms with Crippen LogP contribution in [0.2, 0.25) is 0 Å². The smallest absolute Gasteiger partial charge is 0.346 e. The number of fused-ring (bicyclic) bond motifs is 3. The summed E-state index contributed by atoms with van der Waals surface area (Å²) in [5.41, 5.74) is 2.01. The Labute approximate surface area is 206 Å². The monoisotopic (exact) mass is 492 g/mol. The van der Waals surface area contributed by atoms with E-state index in [2.05, 4.69) is 31.8 Å². The van der Waals surface area contributed by atoms with E-state index in [0.29, 0.717) is 30.2 Å². The van der Waals surface area contributed by atoms with E-state index in [1.807, 2.05) is 49.4 Å². The van der Waals surface area contributed by atoms with Crippen molar-refractivity contribution in [1.82, 2.24) is 30.4 Å². The van der Waals surface area contributed by atoms with Crippen molar-refractivity contribution in [2.45, 2.75) is 32.4 Å². The van der Waals surface area contributed by atoms with Crippen molar-refractivity contribution in [3.8, 4) is 23.2 Å². The fraction of sp³-hybridized carbons (Fsp3) is 0.435. The van der Waals surface area contributed by atoms with Crippen LogP contribution in [0.3, 0.4) is 0 Å². The molecule has 1 N–H and O–H groups in total. The SMILES string of the molecule is CCOc1cc(CNC2CN3CCC2CC3)ccc1Oc1nnnn1-c1ccccc1.Cl.Cl. The van der Waals surface area contributed by atoms with Gasteiger partial charge in [-0.05, 0) is 79.0 Å². The first-order chi connectivity index (χ1) is 15.3. The maximum atomic E-state index is 6.05. The molecule has 0 aliphatic carbocycles. The van der Waals surface area contributed by atoms with Gasteiger partial charge in [0, 0.05) is 19.1 Å². The number of nitrogens with one attached hydrogen (secondary N) is 1. The van der Waals surface area contributed by atoms with Crippen molar-refractivity contribution in [1.29, 1.82) is 0 Å². The molecule has 1 aromatic heterocycles. The highest BCUT2D eigenvalue weighted by Crippen LogP contribution is 2.33. The van der Waals surface area contributed by atoms with Gasteiger partial charge in [-0.2, -0.15) is 4.68 Å². The zero-order valence-corrected chi connectivity index (χ0v) is 20.2. The van der Waals surface area contributed by atoms with Gasteiger partial charge in [-0.1, -0.05) is 29.4 Å². The minimum atomic E-state index is 0. The van der Waals surface area contributed by atoms with E-state index in [1.54, 1.807) is 4.68 Å². The normalized spacial score (nSPS) is 21.1. The van der Waals surface area contributed by atoms with Crippen LogP contribution >= 0.6 is 24.8 Å². The molecule has 33 heavy (non-hydrogen) atoms. The molecule has 3 aliphatic rings. The summed E-state index contributed by atoms with van der Waals surface area (Å²) >= 11 is 0. The second-order valence-corrected chi connectivity index (χ2v) is 8.15. The van der Waals surface area contributed by atoms with Crippen molar-refractivity contribution >= 4 is 24.8 Å². The highest BCUT2D eigenvalue weighted by molar-refractivity contribution is 5.85. The number of piperidine rings is 3. The molecule has 1 atom stereocenters. The maximum Gasteiger partial charge on any atom is 0.346 e. The Bertz CT molecular complexity index is 1010. The summed E-state index contributed by atoms with van der Waals surface area (Å²) in [6.07, 6.45) is 2.62. The molecule has 10 heteroatoms. The lowest BCUT2D eigenvalue weighted by atomic mass is 9.84. The van der Waals surface area contributed by atoms with E-state index >= 15 is 0 Å². The average Bonchev–Trinajstić information content (AvgIpc) is 3.29. The van der Waals surface area contributed by atoms with Crippen LogP contribution in [0.4, 0.5) is 0 Å². The summed E-state index contributed by atoms with van der Waals surface area (Å²) in [5, 5.41) is 15.6. The summed E-state index contributed by atoms with van der Waals surface area (Å²) in [6.45, 7) is 7.01. The Hall–Kier alpha value is -2.39. The van der Waals surface area contributed by atoms with Gasteiger partial charge in [-0.3, -0.25) is 0 Å². The minimum absolute atomic E-state index is 0. The molecule has 178 valence electrons. The lowest BCUT2D eigenvalue weighted by Crippen LogP contribution is -2.55. The summed E-state index contributed by atoms with van der Waals surface area (Å²) in [4.78, 5) is 2.57. The van der Waals surface area contributed by atoms with Gasteiger partial charge in [0.15, 0.2) is 11.5 Å². The highest BCUT2D eigenvalue weighted by atomic mass is 35.5. The number of aromatic nitrogens is 4. The zero-order chi connectivity index (χ0) is 21.0. The van der Waals surface area contributed by atoms with Crippen molar-refractivity contribution in [2.75, 3.05) is 26.2 Å². The molecular weight excluding hydrogens is 463 g/mol. The molecule has 4 heterocycles. The minimum Gasteiger partial charge on any atom is -0.490 e. The fourth-order valence-corrected chi connectivity index (χ4v) is 4.53. The van der Waals surface area contributed by atoms with Crippen molar-refractivity contribution in [3.63, 3.8) is 0 Å². The molecule has 1 unspecified atom stereocenters. The third kappa shape index (κ3) is 5.76. The second kappa shape index (κ2) is 11.7. The lowest BCUT2D eigenvalue weighted by molar-refractivity contribution is 0.0720. The zero-order valence-electron chi connectivity index (χ0n) is 18.6. The molecule has 2 aromatic carbocycles. The number of benzene rings is 2. The summed E-state index contributed by atoms with van der Waals surface area (Å²) in [7, 11) is 0. The number of rotatable bonds is 8. The number of hydrogen-bond donors (Lipinski definition) is 1. The van der Waals surface area contributed by atoms with Crippen LogP contribution in [0.25, 0.3) is 5.69 Å². The first-order valence-electron chi connectivity index (χ1n) is 11.0. The number of nitrogens with zero attached hydrogens (tertiary/aromatic N) is 5. The predicted molar refractivity (Wildman–Crippen MR) is 131 cm³/mol. The van der Waals surface area contributed by atoms with Gasteiger partial charge in [0.25, 0.3) is 0 Å². The first kappa shape index (κ1) is 25.2. The number of para-hydroxylation sites is 1. The maximum absolute atomic E-state index is 6.05. The molecule has 0 radical (unpaired) electrons. The summed E-state index contributed by atoms with van der Waals surface area (Å²) < 4.78 is 13.5. The van der Waals surface area contributed by atoms with E-state index in [-0.39, 0.29) is 24.8 Å². The van der Waals surface area contributed by atoms with E-state index in [1.165, 1.54) is 31.5 Å². The topological polar surface area (TPSA) is 77.3 Å². The quantitative estimate of drug-likeness (QED) is 0.510. The summed E-state index contributed by atoms with van der Waals surface area (Å²) in [6, 6.07) is 16.6. The molecule has 6 rings (SSSR count). The average molecular weight is 493 g/mol.